The van der Waals surface area contributed by atoms with Crippen LogP contribution in [-0.4, -0.2) is 18.0 Å². The zero-order valence-corrected chi connectivity index (χ0v) is 15.0. The fourth-order valence-electron chi connectivity index (χ4n) is 3.34. The van der Waals surface area contributed by atoms with Gasteiger partial charge < -0.3 is 9.84 Å². The summed E-state index contributed by atoms with van der Waals surface area (Å²) in [6.45, 7) is 4.97. The second kappa shape index (κ2) is 7.01. The number of aliphatic hydroxyl groups is 1. The summed E-state index contributed by atoms with van der Waals surface area (Å²) in [6.07, 6.45) is 4.92. The third-order valence-electron chi connectivity index (χ3n) is 5.38. The molecule has 1 aliphatic carbocycles. The predicted molar refractivity (Wildman–Crippen MR) is 99.0 cm³/mol. The molecule has 0 aliphatic heterocycles. The second-order valence-corrected chi connectivity index (χ2v) is 7.24. The van der Waals surface area contributed by atoms with Crippen molar-refractivity contribution < 1.29 is 14.6 Å². The zero-order valence-electron chi connectivity index (χ0n) is 15.0. The third kappa shape index (κ3) is 3.34. The van der Waals surface area contributed by atoms with Gasteiger partial charge in [-0.05, 0) is 42.5 Å². The van der Waals surface area contributed by atoms with Crippen LogP contribution in [0.5, 0.6) is 5.75 Å². The summed E-state index contributed by atoms with van der Waals surface area (Å²) in [5.74, 6) is 0.830. The highest BCUT2D eigenvalue weighted by Gasteiger charge is 2.56. The number of carbonyl (C=O) groups excluding carboxylic acids is 1. The Morgan fingerprint density at radius 3 is 2.12 bits per heavy atom. The SMILES string of the molecule is CCCCOc1ccc(C(O)(c2ccc(C=O)cc2)C2(C)CC2)cc1. The first kappa shape index (κ1) is 17.7. The Kier molecular flexibility index (Phi) is 4.96. The molecule has 0 spiro atoms. The Balaban J connectivity index is 1.91. The van der Waals surface area contributed by atoms with Crippen LogP contribution in [0.25, 0.3) is 0 Å². The number of ether oxygens (including phenoxy) is 1. The monoisotopic (exact) mass is 338 g/mol. The van der Waals surface area contributed by atoms with E-state index in [9.17, 15) is 9.90 Å². The van der Waals surface area contributed by atoms with Crippen LogP contribution in [0.15, 0.2) is 48.5 Å². The van der Waals surface area contributed by atoms with Crippen molar-refractivity contribution in [2.45, 2.75) is 45.1 Å². The summed E-state index contributed by atoms with van der Waals surface area (Å²) in [5, 5.41) is 11.7. The topological polar surface area (TPSA) is 46.5 Å². The molecule has 1 unspecified atom stereocenters. The average molecular weight is 338 g/mol. The van der Waals surface area contributed by atoms with Gasteiger partial charge in [0.1, 0.15) is 17.6 Å². The van der Waals surface area contributed by atoms with Gasteiger partial charge in [-0.15, -0.1) is 0 Å². The molecular weight excluding hydrogens is 312 g/mol. The molecule has 1 atom stereocenters. The molecule has 0 heterocycles. The molecule has 3 heteroatoms. The largest absolute Gasteiger partial charge is 0.494 e. The lowest BCUT2D eigenvalue weighted by Gasteiger charge is -2.36. The first-order valence-electron chi connectivity index (χ1n) is 9.05. The molecule has 1 saturated carbocycles. The molecular formula is C22H26O3. The first-order valence-corrected chi connectivity index (χ1v) is 9.05. The molecule has 0 bridgehead atoms. The van der Waals surface area contributed by atoms with E-state index in [2.05, 4.69) is 13.8 Å². The van der Waals surface area contributed by atoms with Gasteiger partial charge in [0.2, 0.25) is 0 Å². The highest BCUT2D eigenvalue weighted by Crippen LogP contribution is 2.60. The maximum Gasteiger partial charge on any atom is 0.150 e. The van der Waals surface area contributed by atoms with Crippen molar-refractivity contribution in [3.63, 3.8) is 0 Å². The maximum atomic E-state index is 11.7. The van der Waals surface area contributed by atoms with Gasteiger partial charge in [-0.3, -0.25) is 4.79 Å². The molecule has 0 radical (unpaired) electrons. The van der Waals surface area contributed by atoms with Crippen LogP contribution in [0.2, 0.25) is 0 Å². The number of unbranched alkanes of at least 4 members (excludes halogenated alkanes) is 1. The Morgan fingerprint density at radius 2 is 1.64 bits per heavy atom. The lowest BCUT2D eigenvalue weighted by Crippen LogP contribution is -2.36. The smallest absolute Gasteiger partial charge is 0.150 e. The summed E-state index contributed by atoms with van der Waals surface area (Å²) < 4.78 is 5.73. The molecule has 3 rings (SSSR count). The van der Waals surface area contributed by atoms with E-state index in [-0.39, 0.29) is 5.41 Å². The molecule has 0 aromatic heterocycles. The lowest BCUT2D eigenvalue weighted by atomic mass is 9.74. The standard InChI is InChI=1S/C22H26O3/c1-3-4-15-25-20-11-9-19(10-12-20)22(24,21(2)13-14-21)18-7-5-17(16-23)6-8-18/h5-12,16,24H,3-4,13-15H2,1-2H3. The molecule has 1 aliphatic rings. The summed E-state index contributed by atoms with van der Waals surface area (Å²) in [7, 11) is 0. The van der Waals surface area contributed by atoms with Crippen molar-refractivity contribution in [3.8, 4) is 5.75 Å². The van der Waals surface area contributed by atoms with E-state index < -0.39 is 5.60 Å². The molecule has 25 heavy (non-hydrogen) atoms. The van der Waals surface area contributed by atoms with E-state index in [1.54, 1.807) is 12.1 Å². The zero-order chi connectivity index (χ0) is 17.9. The molecule has 2 aromatic rings. The summed E-state index contributed by atoms with van der Waals surface area (Å²) in [6, 6.07) is 15.0. The molecule has 1 fully saturated rings. The minimum absolute atomic E-state index is 0.180. The third-order valence-corrected chi connectivity index (χ3v) is 5.38. The van der Waals surface area contributed by atoms with Crippen LogP contribution in [0.3, 0.4) is 0 Å². The van der Waals surface area contributed by atoms with Crippen LogP contribution in [0.1, 0.15) is 61.0 Å². The van der Waals surface area contributed by atoms with Crippen molar-refractivity contribution in [1.29, 1.82) is 0 Å². The highest BCUT2D eigenvalue weighted by atomic mass is 16.5. The Hall–Kier alpha value is -2.13. The number of hydrogen-bond acceptors (Lipinski definition) is 3. The average Bonchev–Trinajstić information content (AvgIpc) is 3.41. The minimum atomic E-state index is -1.06. The summed E-state index contributed by atoms with van der Waals surface area (Å²) in [4.78, 5) is 10.9. The number of rotatable bonds is 8. The molecule has 1 N–H and O–H groups in total. The van der Waals surface area contributed by atoms with Crippen LogP contribution in [-0.2, 0) is 5.60 Å². The minimum Gasteiger partial charge on any atom is -0.494 e. The number of benzene rings is 2. The van der Waals surface area contributed by atoms with Crippen molar-refractivity contribution in [2.24, 2.45) is 5.41 Å². The number of carbonyl (C=O) groups is 1. The van der Waals surface area contributed by atoms with E-state index in [0.29, 0.717) is 12.2 Å². The van der Waals surface area contributed by atoms with E-state index in [1.165, 1.54) is 0 Å². The Morgan fingerprint density at radius 1 is 1.08 bits per heavy atom. The summed E-state index contributed by atoms with van der Waals surface area (Å²) >= 11 is 0. The molecule has 2 aromatic carbocycles. The van der Waals surface area contributed by atoms with Crippen molar-refractivity contribution >= 4 is 6.29 Å². The highest BCUT2D eigenvalue weighted by molar-refractivity contribution is 5.74. The predicted octanol–water partition coefficient (Wildman–Crippen LogP) is 4.71. The normalized spacial score (nSPS) is 17.6. The van der Waals surface area contributed by atoms with Crippen molar-refractivity contribution in [1.82, 2.24) is 0 Å². The Bertz CT molecular complexity index is 714. The number of aldehydes is 1. The van der Waals surface area contributed by atoms with Crippen LogP contribution < -0.4 is 4.74 Å². The van der Waals surface area contributed by atoms with Gasteiger partial charge in [0, 0.05) is 11.0 Å². The molecule has 0 amide bonds. The van der Waals surface area contributed by atoms with Gasteiger partial charge >= 0.3 is 0 Å². The van der Waals surface area contributed by atoms with E-state index in [1.807, 2.05) is 36.4 Å². The van der Waals surface area contributed by atoms with Gasteiger partial charge in [-0.25, -0.2) is 0 Å². The van der Waals surface area contributed by atoms with E-state index in [4.69, 9.17) is 4.74 Å². The van der Waals surface area contributed by atoms with E-state index >= 15 is 0 Å². The molecule has 132 valence electrons. The van der Waals surface area contributed by atoms with Gasteiger partial charge in [0.25, 0.3) is 0 Å². The van der Waals surface area contributed by atoms with Crippen LogP contribution >= 0.6 is 0 Å². The van der Waals surface area contributed by atoms with Gasteiger partial charge in [-0.2, -0.15) is 0 Å². The van der Waals surface area contributed by atoms with E-state index in [0.717, 1.165) is 48.8 Å². The van der Waals surface area contributed by atoms with Crippen molar-refractivity contribution in [2.75, 3.05) is 6.61 Å². The van der Waals surface area contributed by atoms with Crippen LogP contribution in [0, 0.1) is 5.41 Å². The number of hydrogen-bond donors (Lipinski definition) is 1. The van der Waals surface area contributed by atoms with Gasteiger partial charge in [-0.1, -0.05) is 56.7 Å². The molecule has 3 nitrogen and oxygen atoms in total. The first-order chi connectivity index (χ1) is 12.0. The quantitative estimate of drug-likeness (QED) is 0.560. The summed E-state index contributed by atoms with van der Waals surface area (Å²) in [5.41, 5.74) is 1.08. The van der Waals surface area contributed by atoms with Crippen molar-refractivity contribution in [3.05, 3.63) is 65.2 Å². The fraction of sp³-hybridized carbons (Fsp3) is 0.409. The van der Waals surface area contributed by atoms with Crippen LogP contribution in [0.4, 0.5) is 0 Å². The van der Waals surface area contributed by atoms with Gasteiger partial charge in [0.15, 0.2) is 0 Å². The fourth-order valence-corrected chi connectivity index (χ4v) is 3.34. The Labute approximate surface area is 149 Å². The lowest BCUT2D eigenvalue weighted by molar-refractivity contribution is 0.00969. The van der Waals surface area contributed by atoms with Gasteiger partial charge in [0.05, 0.1) is 6.61 Å². The second-order valence-electron chi connectivity index (χ2n) is 7.24. The molecule has 0 saturated heterocycles. The maximum absolute atomic E-state index is 11.7.